The Kier molecular flexibility index (Phi) is 9.09. The SMILES string of the molecule is Cc1cnc(Nc2ccc(N3CCN(C)CC3)cc2)nc1Nc1cccc(S(=O)(=O)N2CCCCC2)c1.Cl. The average molecular weight is 558 g/mol. The number of benzene rings is 2. The highest BCUT2D eigenvalue weighted by Crippen LogP contribution is 2.26. The highest BCUT2D eigenvalue weighted by atomic mass is 35.5. The third-order valence-electron chi connectivity index (χ3n) is 7.01. The first-order valence-corrected chi connectivity index (χ1v) is 14.3. The Morgan fingerprint density at radius 2 is 1.55 bits per heavy atom. The number of rotatable bonds is 7. The molecular weight excluding hydrogens is 522 g/mol. The smallest absolute Gasteiger partial charge is 0.243 e. The van der Waals surface area contributed by atoms with Crippen LogP contribution in [0.1, 0.15) is 24.8 Å². The van der Waals surface area contributed by atoms with Crippen LogP contribution in [0.4, 0.5) is 28.8 Å². The average Bonchev–Trinajstić information content (AvgIpc) is 2.92. The van der Waals surface area contributed by atoms with Gasteiger partial charge in [-0.3, -0.25) is 0 Å². The van der Waals surface area contributed by atoms with Crippen LogP contribution in [-0.2, 0) is 10.0 Å². The Balaban J connectivity index is 0.00000336. The summed E-state index contributed by atoms with van der Waals surface area (Å²) in [6.07, 6.45) is 4.65. The van der Waals surface area contributed by atoms with Gasteiger partial charge in [0.2, 0.25) is 16.0 Å². The first kappa shape index (κ1) is 28.1. The van der Waals surface area contributed by atoms with Crippen LogP contribution in [0.2, 0.25) is 0 Å². The minimum Gasteiger partial charge on any atom is -0.369 e. The number of hydrogen-bond donors (Lipinski definition) is 2. The van der Waals surface area contributed by atoms with Crippen LogP contribution in [0, 0.1) is 6.92 Å². The molecule has 0 saturated carbocycles. The first-order valence-electron chi connectivity index (χ1n) is 12.9. The maximum Gasteiger partial charge on any atom is 0.243 e. The minimum absolute atomic E-state index is 0. The molecule has 0 unspecified atom stereocenters. The second-order valence-corrected chi connectivity index (χ2v) is 11.7. The van der Waals surface area contributed by atoms with Crippen LogP contribution in [0.5, 0.6) is 0 Å². The maximum absolute atomic E-state index is 13.1. The second-order valence-electron chi connectivity index (χ2n) is 9.81. The van der Waals surface area contributed by atoms with E-state index >= 15 is 0 Å². The van der Waals surface area contributed by atoms with Gasteiger partial charge in [-0.05, 0) is 69.3 Å². The zero-order valence-corrected chi connectivity index (χ0v) is 23.6. The molecule has 2 fully saturated rings. The van der Waals surface area contributed by atoms with Crippen LogP contribution in [0.3, 0.4) is 0 Å². The number of aryl methyl sites for hydroxylation is 1. The molecule has 0 atom stereocenters. The molecule has 11 heteroatoms. The molecule has 0 aliphatic carbocycles. The van der Waals surface area contributed by atoms with Gasteiger partial charge in [-0.2, -0.15) is 9.29 Å². The molecule has 5 rings (SSSR count). The van der Waals surface area contributed by atoms with E-state index in [2.05, 4.69) is 49.6 Å². The summed E-state index contributed by atoms with van der Waals surface area (Å²) in [5.41, 5.74) is 3.65. The van der Waals surface area contributed by atoms with Gasteiger partial charge < -0.3 is 20.4 Å². The van der Waals surface area contributed by atoms with Gasteiger partial charge in [-0.15, -0.1) is 12.4 Å². The largest absolute Gasteiger partial charge is 0.369 e. The lowest BCUT2D eigenvalue weighted by atomic mass is 10.2. The number of nitrogens with one attached hydrogen (secondary N) is 2. The van der Waals surface area contributed by atoms with Crippen molar-refractivity contribution in [3.05, 3.63) is 60.3 Å². The lowest BCUT2D eigenvalue weighted by Crippen LogP contribution is -2.44. The van der Waals surface area contributed by atoms with Crippen molar-refractivity contribution in [2.45, 2.75) is 31.1 Å². The zero-order valence-electron chi connectivity index (χ0n) is 21.9. The van der Waals surface area contributed by atoms with E-state index < -0.39 is 10.0 Å². The number of anilines is 5. The monoisotopic (exact) mass is 557 g/mol. The number of piperidine rings is 1. The molecule has 9 nitrogen and oxygen atoms in total. The molecule has 0 spiro atoms. The number of halogens is 1. The quantitative estimate of drug-likeness (QED) is 0.434. The Hall–Kier alpha value is -2.92. The van der Waals surface area contributed by atoms with Crippen LogP contribution in [-0.4, -0.2) is 73.9 Å². The number of sulfonamides is 1. The molecule has 2 aliphatic rings. The molecule has 0 bridgehead atoms. The molecule has 38 heavy (non-hydrogen) atoms. The van der Waals surface area contributed by atoms with Gasteiger partial charge in [0.1, 0.15) is 5.82 Å². The van der Waals surface area contributed by atoms with Crippen molar-refractivity contribution in [3.8, 4) is 0 Å². The van der Waals surface area contributed by atoms with E-state index in [9.17, 15) is 8.42 Å². The second kappa shape index (κ2) is 12.3. The number of hydrogen-bond acceptors (Lipinski definition) is 8. The minimum atomic E-state index is -3.51. The lowest BCUT2D eigenvalue weighted by molar-refractivity contribution is 0.313. The summed E-state index contributed by atoms with van der Waals surface area (Å²) >= 11 is 0. The Morgan fingerprint density at radius 3 is 2.26 bits per heavy atom. The number of aromatic nitrogens is 2. The first-order chi connectivity index (χ1) is 17.9. The molecule has 2 aliphatic heterocycles. The summed E-state index contributed by atoms with van der Waals surface area (Å²) < 4.78 is 27.8. The number of piperazine rings is 1. The molecule has 3 heterocycles. The molecule has 204 valence electrons. The van der Waals surface area contributed by atoms with Crippen molar-refractivity contribution in [1.82, 2.24) is 19.2 Å². The number of nitrogens with zero attached hydrogens (tertiary/aromatic N) is 5. The van der Waals surface area contributed by atoms with E-state index in [1.54, 1.807) is 28.7 Å². The standard InChI is InChI=1S/C27H35N7O2S.ClH/c1-21-20-28-27(30-22-9-11-24(12-10-22)33-17-15-32(2)16-18-33)31-26(21)29-23-7-6-8-25(19-23)37(35,36)34-13-4-3-5-14-34;/h6-12,19-20H,3-5,13-18H2,1-2H3,(H2,28,29,30,31);1H. The van der Waals surface area contributed by atoms with Crippen molar-refractivity contribution in [2.75, 3.05) is 61.8 Å². The molecular formula is C27H36ClN7O2S. The van der Waals surface area contributed by atoms with E-state index in [4.69, 9.17) is 0 Å². The molecule has 0 radical (unpaired) electrons. The van der Waals surface area contributed by atoms with Crippen LogP contribution in [0.25, 0.3) is 0 Å². The lowest BCUT2D eigenvalue weighted by Gasteiger charge is -2.34. The summed E-state index contributed by atoms with van der Waals surface area (Å²) in [5, 5.41) is 6.57. The summed E-state index contributed by atoms with van der Waals surface area (Å²) in [6, 6.07) is 15.3. The van der Waals surface area contributed by atoms with Crippen molar-refractivity contribution in [1.29, 1.82) is 0 Å². The summed E-state index contributed by atoms with van der Waals surface area (Å²) in [6.45, 7) is 7.28. The van der Waals surface area contributed by atoms with Gasteiger partial charge in [0.05, 0.1) is 4.90 Å². The van der Waals surface area contributed by atoms with Crippen LogP contribution < -0.4 is 15.5 Å². The summed E-state index contributed by atoms with van der Waals surface area (Å²) in [5.74, 6) is 1.09. The van der Waals surface area contributed by atoms with Gasteiger partial charge in [0, 0.05) is 68.1 Å². The highest BCUT2D eigenvalue weighted by molar-refractivity contribution is 7.89. The normalized spacial score (nSPS) is 17.1. The van der Waals surface area contributed by atoms with E-state index in [0.717, 1.165) is 56.7 Å². The summed E-state index contributed by atoms with van der Waals surface area (Å²) in [7, 11) is -1.35. The van der Waals surface area contributed by atoms with E-state index in [-0.39, 0.29) is 12.4 Å². The Bertz CT molecular complexity index is 1320. The predicted octanol–water partition coefficient (Wildman–Crippen LogP) is 4.62. The van der Waals surface area contributed by atoms with E-state index in [0.29, 0.717) is 35.4 Å². The fraction of sp³-hybridized carbons (Fsp3) is 0.407. The van der Waals surface area contributed by atoms with Crippen LogP contribution >= 0.6 is 12.4 Å². The van der Waals surface area contributed by atoms with Crippen molar-refractivity contribution in [2.24, 2.45) is 0 Å². The molecule has 2 saturated heterocycles. The molecule has 1 aromatic heterocycles. The zero-order chi connectivity index (χ0) is 25.8. The molecule has 2 N–H and O–H groups in total. The molecule has 0 amide bonds. The van der Waals surface area contributed by atoms with Gasteiger partial charge in [0.15, 0.2) is 0 Å². The number of likely N-dealkylation sites (N-methyl/N-ethyl adjacent to an activating group) is 1. The Labute approximate surface area is 231 Å². The van der Waals surface area contributed by atoms with Crippen molar-refractivity contribution >= 4 is 51.3 Å². The van der Waals surface area contributed by atoms with E-state index in [1.807, 2.05) is 25.1 Å². The van der Waals surface area contributed by atoms with Crippen molar-refractivity contribution < 1.29 is 8.42 Å². The van der Waals surface area contributed by atoms with Gasteiger partial charge >= 0.3 is 0 Å². The third-order valence-corrected chi connectivity index (χ3v) is 8.91. The van der Waals surface area contributed by atoms with Gasteiger partial charge in [-0.1, -0.05) is 12.5 Å². The fourth-order valence-electron chi connectivity index (χ4n) is 4.70. The van der Waals surface area contributed by atoms with Crippen LogP contribution in [0.15, 0.2) is 59.6 Å². The van der Waals surface area contributed by atoms with Crippen molar-refractivity contribution in [3.63, 3.8) is 0 Å². The maximum atomic E-state index is 13.1. The highest BCUT2D eigenvalue weighted by Gasteiger charge is 2.26. The summed E-state index contributed by atoms with van der Waals surface area (Å²) in [4.78, 5) is 14.1. The third kappa shape index (κ3) is 6.55. The fourth-order valence-corrected chi connectivity index (χ4v) is 6.27. The topological polar surface area (TPSA) is 93.7 Å². The van der Waals surface area contributed by atoms with Gasteiger partial charge in [-0.25, -0.2) is 13.4 Å². The Morgan fingerprint density at radius 1 is 0.842 bits per heavy atom. The van der Waals surface area contributed by atoms with Gasteiger partial charge in [0.25, 0.3) is 0 Å². The van der Waals surface area contributed by atoms with E-state index in [1.165, 1.54) is 5.69 Å². The molecule has 2 aromatic carbocycles. The predicted molar refractivity (Wildman–Crippen MR) is 156 cm³/mol. The molecule has 3 aromatic rings.